The van der Waals surface area contributed by atoms with E-state index < -0.39 is 0 Å². The third kappa shape index (κ3) is 6.76. The molecule has 0 saturated heterocycles. The van der Waals surface area contributed by atoms with Crippen LogP contribution in [0.2, 0.25) is 0 Å². The fourth-order valence-electron chi connectivity index (χ4n) is 3.09. The third-order valence-electron chi connectivity index (χ3n) is 4.56. The zero-order chi connectivity index (χ0) is 20.5. The molecule has 1 unspecified atom stereocenters. The van der Waals surface area contributed by atoms with Crippen molar-refractivity contribution < 1.29 is 9.47 Å². The normalized spacial score (nSPS) is 12.0. The summed E-state index contributed by atoms with van der Waals surface area (Å²) >= 11 is 0. The van der Waals surface area contributed by atoms with Gasteiger partial charge in [-0.1, -0.05) is 30.3 Å². The van der Waals surface area contributed by atoms with Crippen LogP contribution in [0.4, 0.5) is 0 Å². The summed E-state index contributed by atoms with van der Waals surface area (Å²) in [5.41, 5.74) is 2.28. The fourth-order valence-corrected chi connectivity index (χ4v) is 3.09. The molecule has 3 aromatic rings. The highest BCUT2D eigenvalue weighted by molar-refractivity contribution is 14.0. The van der Waals surface area contributed by atoms with E-state index in [0.717, 1.165) is 41.3 Å². The van der Waals surface area contributed by atoms with Crippen molar-refractivity contribution in [3.8, 4) is 11.5 Å². The third-order valence-corrected chi connectivity index (χ3v) is 4.56. The molecule has 0 aliphatic rings. The number of rotatable bonds is 8. The molecule has 0 fully saturated rings. The van der Waals surface area contributed by atoms with E-state index in [2.05, 4.69) is 44.9 Å². The first-order valence-corrected chi connectivity index (χ1v) is 9.77. The van der Waals surface area contributed by atoms with Crippen LogP contribution in [0.5, 0.6) is 11.5 Å². The first kappa shape index (κ1) is 23.7. The lowest BCUT2D eigenvalue weighted by atomic mass is 10.1. The minimum atomic E-state index is -0.0251. The molecule has 1 aromatic heterocycles. The molecule has 30 heavy (non-hydrogen) atoms. The van der Waals surface area contributed by atoms with Gasteiger partial charge in [0.15, 0.2) is 5.96 Å². The fraction of sp³-hybridized carbons (Fsp3) is 0.304. The SMILES string of the molecule is CN=C(NCCc1cccc2cccnc12)NCC(C)Oc1cccc(OC)c1.I. The van der Waals surface area contributed by atoms with Crippen LogP contribution >= 0.6 is 24.0 Å². The zero-order valence-electron chi connectivity index (χ0n) is 17.6. The van der Waals surface area contributed by atoms with Crippen molar-refractivity contribution in [2.75, 3.05) is 27.2 Å². The minimum absolute atomic E-state index is 0. The van der Waals surface area contributed by atoms with Gasteiger partial charge in [-0.15, -0.1) is 24.0 Å². The topological polar surface area (TPSA) is 67.8 Å². The van der Waals surface area contributed by atoms with Gasteiger partial charge in [0.25, 0.3) is 0 Å². The number of nitrogens with one attached hydrogen (secondary N) is 2. The van der Waals surface area contributed by atoms with E-state index in [1.807, 2.05) is 43.5 Å². The lowest BCUT2D eigenvalue weighted by molar-refractivity contribution is 0.223. The van der Waals surface area contributed by atoms with Crippen molar-refractivity contribution in [1.82, 2.24) is 15.6 Å². The van der Waals surface area contributed by atoms with Gasteiger partial charge < -0.3 is 20.1 Å². The molecule has 0 radical (unpaired) electrons. The molecule has 0 aliphatic heterocycles. The molecule has 1 heterocycles. The highest BCUT2D eigenvalue weighted by Crippen LogP contribution is 2.19. The number of halogens is 1. The van der Waals surface area contributed by atoms with Crippen LogP contribution in [0, 0.1) is 0 Å². The van der Waals surface area contributed by atoms with Gasteiger partial charge in [-0.25, -0.2) is 0 Å². The Morgan fingerprint density at radius 1 is 1.07 bits per heavy atom. The van der Waals surface area contributed by atoms with Crippen LogP contribution in [0.15, 0.2) is 65.8 Å². The van der Waals surface area contributed by atoms with Crippen LogP contribution in [0.3, 0.4) is 0 Å². The largest absolute Gasteiger partial charge is 0.497 e. The second-order valence-corrected chi connectivity index (χ2v) is 6.73. The smallest absolute Gasteiger partial charge is 0.191 e. The van der Waals surface area contributed by atoms with Crippen molar-refractivity contribution >= 4 is 40.8 Å². The van der Waals surface area contributed by atoms with Crippen molar-refractivity contribution in [3.05, 3.63) is 66.4 Å². The van der Waals surface area contributed by atoms with Crippen LogP contribution < -0.4 is 20.1 Å². The number of ether oxygens (including phenoxy) is 2. The molecule has 3 rings (SSSR count). The van der Waals surface area contributed by atoms with Crippen molar-refractivity contribution in [1.29, 1.82) is 0 Å². The number of benzene rings is 2. The van der Waals surface area contributed by atoms with Gasteiger partial charge in [0.1, 0.15) is 17.6 Å². The maximum absolute atomic E-state index is 5.94. The van der Waals surface area contributed by atoms with Gasteiger partial charge in [-0.05, 0) is 37.1 Å². The van der Waals surface area contributed by atoms with Gasteiger partial charge in [0.05, 0.1) is 19.2 Å². The maximum atomic E-state index is 5.94. The molecule has 0 bridgehead atoms. The summed E-state index contributed by atoms with van der Waals surface area (Å²) < 4.78 is 11.2. The summed E-state index contributed by atoms with van der Waals surface area (Å²) in [5, 5.41) is 7.83. The Kier molecular flexibility index (Phi) is 9.66. The minimum Gasteiger partial charge on any atom is -0.497 e. The van der Waals surface area contributed by atoms with Gasteiger partial charge in [0, 0.05) is 31.2 Å². The van der Waals surface area contributed by atoms with Gasteiger partial charge in [-0.3, -0.25) is 9.98 Å². The number of hydrogen-bond donors (Lipinski definition) is 2. The molecule has 0 amide bonds. The molecule has 1 atom stereocenters. The van der Waals surface area contributed by atoms with Crippen molar-refractivity contribution in [2.24, 2.45) is 4.99 Å². The Hall–Kier alpha value is -2.55. The molecule has 0 saturated carbocycles. The highest BCUT2D eigenvalue weighted by Gasteiger charge is 2.07. The summed E-state index contributed by atoms with van der Waals surface area (Å²) in [5.74, 6) is 2.31. The lowest BCUT2D eigenvalue weighted by Crippen LogP contribution is -2.42. The van der Waals surface area contributed by atoms with Gasteiger partial charge in [0.2, 0.25) is 0 Å². The monoisotopic (exact) mass is 520 g/mol. The number of nitrogens with zero attached hydrogens (tertiary/aromatic N) is 2. The average molecular weight is 520 g/mol. The quantitative estimate of drug-likeness (QED) is 0.267. The van der Waals surface area contributed by atoms with Gasteiger partial charge in [-0.2, -0.15) is 0 Å². The number of hydrogen-bond acceptors (Lipinski definition) is 4. The Balaban J connectivity index is 0.00000320. The van der Waals surface area contributed by atoms with E-state index in [1.165, 1.54) is 5.56 Å². The standard InChI is InChI=1S/C23H28N4O2.HI/c1-17(29-21-11-5-10-20(15-21)28-3)16-27-23(24-2)26-14-12-19-8-4-7-18-9-6-13-25-22(18)19;/h4-11,13,15,17H,12,14,16H2,1-3H3,(H2,24,26,27);1H. The molecule has 7 heteroatoms. The van der Waals surface area contributed by atoms with E-state index in [0.29, 0.717) is 6.54 Å². The molecular formula is C23H29IN4O2. The van der Waals surface area contributed by atoms with Crippen molar-refractivity contribution in [3.63, 3.8) is 0 Å². The number of aliphatic imine (C=N–C) groups is 1. The van der Waals surface area contributed by atoms with E-state index in [9.17, 15) is 0 Å². The molecule has 2 N–H and O–H groups in total. The van der Waals surface area contributed by atoms with Crippen LogP contribution in [0.25, 0.3) is 10.9 Å². The Morgan fingerprint density at radius 2 is 1.83 bits per heavy atom. The zero-order valence-corrected chi connectivity index (χ0v) is 19.9. The molecule has 2 aromatic carbocycles. The first-order chi connectivity index (χ1) is 14.2. The lowest BCUT2D eigenvalue weighted by Gasteiger charge is -2.18. The average Bonchev–Trinajstić information content (AvgIpc) is 2.76. The number of aromatic nitrogens is 1. The first-order valence-electron chi connectivity index (χ1n) is 9.77. The number of pyridine rings is 1. The summed E-state index contributed by atoms with van der Waals surface area (Å²) in [4.78, 5) is 8.80. The van der Waals surface area contributed by atoms with Crippen LogP contribution in [-0.4, -0.2) is 44.3 Å². The van der Waals surface area contributed by atoms with E-state index in [-0.39, 0.29) is 30.1 Å². The predicted octanol–water partition coefficient (Wildman–Crippen LogP) is 4.04. The summed E-state index contributed by atoms with van der Waals surface area (Å²) in [7, 11) is 3.41. The molecular weight excluding hydrogens is 491 g/mol. The number of methoxy groups -OCH3 is 1. The Morgan fingerprint density at radius 3 is 2.63 bits per heavy atom. The Labute approximate surface area is 195 Å². The maximum Gasteiger partial charge on any atom is 0.191 e. The molecule has 6 nitrogen and oxygen atoms in total. The van der Waals surface area contributed by atoms with Gasteiger partial charge >= 0.3 is 0 Å². The number of fused-ring (bicyclic) bond motifs is 1. The van der Waals surface area contributed by atoms with Crippen LogP contribution in [-0.2, 0) is 6.42 Å². The summed E-state index contributed by atoms with van der Waals surface area (Å²) in [6.45, 7) is 3.41. The van der Waals surface area contributed by atoms with Crippen LogP contribution in [0.1, 0.15) is 12.5 Å². The molecule has 0 spiro atoms. The van der Waals surface area contributed by atoms with Crippen molar-refractivity contribution in [2.45, 2.75) is 19.4 Å². The second-order valence-electron chi connectivity index (χ2n) is 6.73. The van der Waals surface area contributed by atoms with E-state index in [4.69, 9.17) is 9.47 Å². The Bertz CT molecular complexity index is 959. The van der Waals surface area contributed by atoms with E-state index >= 15 is 0 Å². The predicted molar refractivity (Wildman–Crippen MR) is 133 cm³/mol. The number of guanidine groups is 1. The molecule has 0 aliphatic carbocycles. The summed E-state index contributed by atoms with van der Waals surface area (Å²) in [6.07, 6.45) is 2.68. The molecule has 160 valence electrons. The second kappa shape index (κ2) is 12.2. The summed E-state index contributed by atoms with van der Waals surface area (Å²) in [6, 6.07) is 17.9. The van der Waals surface area contributed by atoms with E-state index in [1.54, 1.807) is 14.2 Å². The number of para-hydroxylation sites is 1. The highest BCUT2D eigenvalue weighted by atomic mass is 127.